The van der Waals surface area contributed by atoms with Crippen LogP contribution in [0.25, 0.3) is 11.3 Å². The predicted octanol–water partition coefficient (Wildman–Crippen LogP) is 3.75. The van der Waals surface area contributed by atoms with E-state index >= 15 is 0 Å². The van der Waals surface area contributed by atoms with Gasteiger partial charge in [-0.2, -0.15) is 0 Å². The lowest BCUT2D eigenvalue weighted by Gasteiger charge is -2.36. The minimum atomic E-state index is -0.530. The molecule has 0 unspecified atom stereocenters. The molecule has 1 aliphatic heterocycles. The number of pyridine rings is 2. The largest absolute Gasteiger partial charge is 0.444 e. The van der Waals surface area contributed by atoms with Crippen molar-refractivity contribution < 1.29 is 14.3 Å². The van der Waals surface area contributed by atoms with Crippen molar-refractivity contribution in [1.29, 1.82) is 0 Å². The Morgan fingerprint density at radius 1 is 0.971 bits per heavy atom. The first kappa shape index (κ1) is 24.0. The number of rotatable bonds is 4. The van der Waals surface area contributed by atoms with Crippen LogP contribution < -0.4 is 15.8 Å². The number of amides is 2. The van der Waals surface area contributed by atoms with Crippen LogP contribution in [0.15, 0.2) is 65.6 Å². The Morgan fingerprint density at radius 3 is 2.29 bits per heavy atom. The molecule has 0 spiro atoms. The SMILES string of the molecule is CC(C)(C)OC(=O)N1CCN(c2ccc(NC(=O)c3ccc(-c4ccccc4)[nH]c3=O)nc2)CC1. The lowest BCUT2D eigenvalue weighted by atomic mass is 10.1. The Labute approximate surface area is 203 Å². The van der Waals surface area contributed by atoms with E-state index in [0.29, 0.717) is 37.7 Å². The third-order valence-corrected chi connectivity index (χ3v) is 5.52. The number of nitrogens with one attached hydrogen (secondary N) is 2. The second-order valence-corrected chi connectivity index (χ2v) is 9.29. The number of anilines is 2. The average Bonchev–Trinajstić information content (AvgIpc) is 2.84. The van der Waals surface area contributed by atoms with Gasteiger partial charge >= 0.3 is 6.09 Å². The van der Waals surface area contributed by atoms with E-state index in [4.69, 9.17) is 4.74 Å². The van der Waals surface area contributed by atoms with Gasteiger partial charge in [-0.3, -0.25) is 9.59 Å². The van der Waals surface area contributed by atoms with E-state index in [1.54, 1.807) is 23.2 Å². The molecule has 2 aromatic heterocycles. The molecule has 35 heavy (non-hydrogen) atoms. The summed E-state index contributed by atoms with van der Waals surface area (Å²) in [5, 5.41) is 2.67. The number of piperazine rings is 1. The summed E-state index contributed by atoms with van der Waals surface area (Å²) in [5.74, 6) is -0.185. The van der Waals surface area contributed by atoms with Gasteiger partial charge in [0, 0.05) is 31.9 Å². The zero-order valence-corrected chi connectivity index (χ0v) is 20.1. The summed E-state index contributed by atoms with van der Waals surface area (Å²) in [7, 11) is 0. The van der Waals surface area contributed by atoms with Gasteiger partial charge in [0.2, 0.25) is 0 Å². The van der Waals surface area contributed by atoms with E-state index in [9.17, 15) is 14.4 Å². The molecule has 0 radical (unpaired) electrons. The first-order valence-corrected chi connectivity index (χ1v) is 11.5. The molecule has 3 aromatic rings. The van der Waals surface area contributed by atoms with Crippen LogP contribution in [0.1, 0.15) is 31.1 Å². The first-order valence-electron chi connectivity index (χ1n) is 11.5. The van der Waals surface area contributed by atoms with Gasteiger partial charge in [-0.1, -0.05) is 30.3 Å². The fourth-order valence-electron chi connectivity index (χ4n) is 3.74. The number of hydrogen-bond donors (Lipinski definition) is 2. The molecule has 182 valence electrons. The van der Waals surface area contributed by atoms with Gasteiger partial charge < -0.3 is 24.8 Å². The number of aromatic amines is 1. The van der Waals surface area contributed by atoms with Crippen LogP contribution in [0.5, 0.6) is 0 Å². The molecule has 0 saturated carbocycles. The highest BCUT2D eigenvalue weighted by Crippen LogP contribution is 2.19. The highest BCUT2D eigenvalue weighted by Gasteiger charge is 2.26. The van der Waals surface area contributed by atoms with Crippen LogP contribution in [0.2, 0.25) is 0 Å². The van der Waals surface area contributed by atoms with Crippen LogP contribution in [0, 0.1) is 0 Å². The fourth-order valence-corrected chi connectivity index (χ4v) is 3.74. The number of carbonyl (C=O) groups excluding carboxylic acids is 2. The molecular weight excluding hydrogens is 446 g/mol. The van der Waals surface area contributed by atoms with Gasteiger partial charge in [0.1, 0.15) is 17.0 Å². The lowest BCUT2D eigenvalue weighted by Crippen LogP contribution is -2.50. The molecule has 4 rings (SSSR count). The van der Waals surface area contributed by atoms with E-state index in [-0.39, 0.29) is 11.7 Å². The molecule has 2 N–H and O–H groups in total. The number of H-pyrrole nitrogens is 1. The monoisotopic (exact) mass is 475 g/mol. The standard InChI is InChI=1S/C26H29N5O4/c1-26(2,3)35-25(34)31-15-13-30(14-16-31)19-9-12-22(27-17-19)29-24(33)20-10-11-21(28-23(20)32)18-7-5-4-6-8-18/h4-12,17H,13-16H2,1-3H3,(H,28,32)(H,27,29,33). The highest BCUT2D eigenvalue weighted by atomic mass is 16.6. The summed E-state index contributed by atoms with van der Waals surface area (Å²) in [5.41, 5.74) is 1.41. The summed E-state index contributed by atoms with van der Waals surface area (Å²) in [6.45, 7) is 7.95. The second kappa shape index (κ2) is 10.0. The Morgan fingerprint density at radius 2 is 1.69 bits per heavy atom. The van der Waals surface area contributed by atoms with Crippen molar-refractivity contribution in [3.8, 4) is 11.3 Å². The summed E-state index contributed by atoms with van der Waals surface area (Å²) in [4.78, 5) is 48.3. The van der Waals surface area contributed by atoms with Crippen molar-refractivity contribution in [2.75, 3.05) is 36.4 Å². The maximum Gasteiger partial charge on any atom is 0.410 e. The number of aromatic nitrogens is 2. The number of nitrogens with zero attached hydrogens (tertiary/aromatic N) is 3. The minimum Gasteiger partial charge on any atom is -0.444 e. The minimum absolute atomic E-state index is 0.00817. The van der Waals surface area contributed by atoms with Crippen molar-refractivity contribution in [2.24, 2.45) is 0 Å². The van der Waals surface area contributed by atoms with Crippen molar-refractivity contribution in [2.45, 2.75) is 26.4 Å². The van der Waals surface area contributed by atoms with Crippen molar-refractivity contribution in [3.05, 3.63) is 76.7 Å². The molecule has 1 aromatic carbocycles. The molecule has 0 bridgehead atoms. The smallest absolute Gasteiger partial charge is 0.410 e. The van der Waals surface area contributed by atoms with Crippen LogP contribution in [-0.4, -0.2) is 58.6 Å². The molecule has 3 heterocycles. The highest BCUT2D eigenvalue weighted by molar-refractivity contribution is 6.03. The van der Waals surface area contributed by atoms with Crippen LogP contribution >= 0.6 is 0 Å². The van der Waals surface area contributed by atoms with Crippen molar-refractivity contribution >= 4 is 23.5 Å². The van der Waals surface area contributed by atoms with Gasteiger partial charge in [-0.05, 0) is 50.6 Å². The third-order valence-electron chi connectivity index (χ3n) is 5.52. The molecule has 1 aliphatic rings. The number of ether oxygens (including phenoxy) is 1. The van der Waals surface area contributed by atoms with Gasteiger partial charge in [-0.25, -0.2) is 9.78 Å². The number of carbonyl (C=O) groups is 2. The fraction of sp³-hybridized carbons (Fsp3) is 0.308. The predicted molar refractivity (Wildman–Crippen MR) is 135 cm³/mol. The normalized spacial score (nSPS) is 13.9. The maximum atomic E-state index is 12.6. The molecule has 1 saturated heterocycles. The number of hydrogen-bond acceptors (Lipinski definition) is 6. The molecule has 1 fully saturated rings. The Hall–Kier alpha value is -4.14. The van der Waals surface area contributed by atoms with E-state index in [1.807, 2.05) is 57.2 Å². The van der Waals surface area contributed by atoms with E-state index in [0.717, 1.165) is 11.3 Å². The van der Waals surface area contributed by atoms with Gasteiger partial charge in [0.15, 0.2) is 0 Å². The lowest BCUT2D eigenvalue weighted by molar-refractivity contribution is 0.0240. The Balaban J connectivity index is 1.35. The van der Waals surface area contributed by atoms with Gasteiger partial charge in [-0.15, -0.1) is 0 Å². The average molecular weight is 476 g/mol. The molecule has 0 aliphatic carbocycles. The zero-order valence-electron chi connectivity index (χ0n) is 20.1. The second-order valence-electron chi connectivity index (χ2n) is 9.29. The summed E-state index contributed by atoms with van der Waals surface area (Å²) in [6.07, 6.45) is 1.36. The van der Waals surface area contributed by atoms with Crippen LogP contribution in [-0.2, 0) is 4.74 Å². The molecular formula is C26H29N5O4. The zero-order chi connectivity index (χ0) is 25.0. The van der Waals surface area contributed by atoms with Crippen molar-refractivity contribution in [3.63, 3.8) is 0 Å². The topological polar surface area (TPSA) is 108 Å². The van der Waals surface area contributed by atoms with Gasteiger partial charge in [0.05, 0.1) is 11.9 Å². The quantitative estimate of drug-likeness (QED) is 0.595. The first-order chi connectivity index (χ1) is 16.7. The summed E-state index contributed by atoms with van der Waals surface area (Å²) in [6, 6.07) is 16.2. The molecule has 9 nitrogen and oxygen atoms in total. The third kappa shape index (κ3) is 6.06. The molecule has 9 heteroatoms. The Kier molecular flexibility index (Phi) is 6.86. The molecule has 2 amide bonds. The molecule has 0 atom stereocenters. The van der Waals surface area contributed by atoms with Gasteiger partial charge in [0.25, 0.3) is 11.5 Å². The van der Waals surface area contributed by atoms with E-state index < -0.39 is 17.1 Å². The van der Waals surface area contributed by atoms with E-state index in [2.05, 4.69) is 20.2 Å². The number of benzene rings is 1. The van der Waals surface area contributed by atoms with Crippen LogP contribution in [0.4, 0.5) is 16.3 Å². The summed E-state index contributed by atoms with van der Waals surface area (Å²) >= 11 is 0. The van der Waals surface area contributed by atoms with Crippen molar-refractivity contribution in [1.82, 2.24) is 14.9 Å². The summed E-state index contributed by atoms with van der Waals surface area (Å²) < 4.78 is 5.44. The Bertz CT molecular complexity index is 1240. The maximum absolute atomic E-state index is 12.6. The van der Waals surface area contributed by atoms with E-state index in [1.165, 1.54) is 6.07 Å². The van der Waals surface area contributed by atoms with Crippen LogP contribution in [0.3, 0.4) is 0 Å².